The molecule has 3 nitrogen and oxygen atoms in total. The average molecular weight is 142 g/mol. The molecule has 0 aliphatic carbocycles. The maximum Gasteiger partial charge on any atom is 0.333 e. The summed E-state index contributed by atoms with van der Waals surface area (Å²) in [5.41, 5.74) is 0.738. The molecule has 1 saturated heterocycles. The minimum absolute atomic E-state index is 0.197. The number of rotatable bonds is 2. The summed E-state index contributed by atoms with van der Waals surface area (Å²) in [6.07, 6.45) is 2.48. The number of carbonyl (C=O) groups is 1. The molecule has 0 aromatic carbocycles. The summed E-state index contributed by atoms with van der Waals surface area (Å²) in [6, 6.07) is 0. The molecule has 1 fully saturated rings. The van der Waals surface area contributed by atoms with Crippen LogP contribution in [0.2, 0.25) is 0 Å². The largest absolute Gasteiger partial charge is 0.462 e. The van der Waals surface area contributed by atoms with Gasteiger partial charge in [0.1, 0.15) is 0 Å². The van der Waals surface area contributed by atoms with Crippen LogP contribution in [-0.2, 0) is 14.3 Å². The lowest BCUT2D eigenvalue weighted by molar-refractivity contribution is -0.135. The number of carbonyl (C=O) groups excluding carboxylic acids is 1. The van der Waals surface area contributed by atoms with Gasteiger partial charge in [0.2, 0.25) is 0 Å². The molecule has 0 saturated carbocycles. The standard InChI is InChI=1S/C7H10O3/c1-9-4-2-6-3-5-10-7(6)8/h2H,3-5H2,1H3. The van der Waals surface area contributed by atoms with E-state index in [1.54, 1.807) is 13.2 Å². The smallest absolute Gasteiger partial charge is 0.333 e. The van der Waals surface area contributed by atoms with Gasteiger partial charge in [0.25, 0.3) is 0 Å². The number of esters is 1. The van der Waals surface area contributed by atoms with Crippen LogP contribution >= 0.6 is 0 Å². The molecule has 10 heavy (non-hydrogen) atoms. The number of hydrogen-bond donors (Lipinski definition) is 0. The number of hydrogen-bond acceptors (Lipinski definition) is 3. The zero-order chi connectivity index (χ0) is 7.40. The zero-order valence-electron chi connectivity index (χ0n) is 5.92. The highest BCUT2D eigenvalue weighted by Gasteiger charge is 2.17. The molecule has 1 aliphatic rings. The van der Waals surface area contributed by atoms with E-state index in [1.807, 2.05) is 0 Å². The molecule has 1 heterocycles. The summed E-state index contributed by atoms with van der Waals surface area (Å²) < 4.78 is 9.47. The maximum absolute atomic E-state index is 10.7. The molecule has 56 valence electrons. The lowest BCUT2D eigenvalue weighted by Gasteiger charge is -1.90. The van der Waals surface area contributed by atoms with Crippen molar-refractivity contribution in [3.63, 3.8) is 0 Å². The topological polar surface area (TPSA) is 35.5 Å². The first-order chi connectivity index (χ1) is 4.84. The first-order valence-corrected chi connectivity index (χ1v) is 3.19. The van der Waals surface area contributed by atoms with Gasteiger partial charge in [-0.2, -0.15) is 0 Å². The van der Waals surface area contributed by atoms with Gasteiger partial charge in [-0.15, -0.1) is 0 Å². The van der Waals surface area contributed by atoms with Crippen molar-refractivity contribution in [2.75, 3.05) is 20.3 Å². The molecule has 0 bridgehead atoms. The Kier molecular flexibility index (Phi) is 2.45. The Hall–Kier alpha value is -0.830. The predicted molar refractivity (Wildman–Crippen MR) is 35.5 cm³/mol. The molecule has 1 aliphatic heterocycles. The van der Waals surface area contributed by atoms with E-state index in [2.05, 4.69) is 0 Å². The van der Waals surface area contributed by atoms with Crippen LogP contribution in [-0.4, -0.2) is 26.3 Å². The fourth-order valence-electron chi connectivity index (χ4n) is 0.818. The van der Waals surface area contributed by atoms with E-state index >= 15 is 0 Å². The second-order valence-electron chi connectivity index (χ2n) is 2.07. The van der Waals surface area contributed by atoms with Gasteiger partial charge in [0, 0.05) is 19.1 Å². The van der Waals surface area contributed by atoms with Crippen molar-refractivity contribution in [3.05, 3.63) is 11.6 Å². The van der Waals surface area contributed by atoms with Crippen molar-refractivity contribution < 1.29 is 14.3 Å². The molecule has 0 amide bonds. The normalized spacial score (nSPS) is 21.7. The molecule has 0 aromatic rings. The van der Waals surface area contributed by atoms with Crippen molar-refractivity contribution >= 4 is 5.97 Å². The van der Waals surface area contributed by atoms with Gasteiger partial charge in [-0.3, -0.25) is 0 Å². The van der Waals surface area contributed by atoms with Crippen molar-refractivity contribution in [1.82, 2.24) is 0 Å². The molecule has 1 rings (SSSR count). The molecule has 0 atom stereocenters. The van der Waals surface area contributed by atoms with Gasteiger partial charge in [0.15, 0.2) is 0 Å². The minimum atomic E-state index is -0.197. The molecule has 3 heteroatoms. The van der Waals surface area contributed by atoms with Crippen molar-refractivity contribution in [2.45, 2.75) is 6.42 Å². The van der Waals surface area contributed by atoms with Crippen LogP contribution < -0.4 is 0 Å². The SMILES string of the molecule is COCC=C1CCOC1=O. The Balaban J connectivity index is 2.46. The van der Waals surface area contributed by atoms with Crippen LogP contribution in [0.5, 0.6) is 0 Å². The summed E-state index contributed by atoms with van der Waals surface area (Å²) in [4.78, 5) is 10.7. The van der Waals surface area contributed by atoms with Crippen LogP contribution in [0, 0.1) is 0 Å². The van der Waals surface area contributed by atoms with Gasteiger partial charge in [-0.1, -0.05) is 0 Å². The molecule has 0 unspecified atom stereocenters. The summed E-state index contributed by atoms with van der Waals surface area (Å²) in [5, 5.41) is 0. The summed E-state index contributed by atoms with van der Waals surface area (Å²) >= 11 is 0. The Morgan fingerprint density at radius 1 is 1.80 bits per heavy atom. The van der Waals surface area contributed by atoms with E-state index in [9.17, 15) is 4.79 Å². The lowest BCUT2D eigenvalue weighted by Crippen LogP contribution is -1.96. The van der Waals surface area contributed by atoms with E-state index < -0.39 is 0 Å². The quantitative estimate of drug-likeness (QED) is 0.416. The molecule has 0 aromatic heterocycles. The third-order valence-corrected chi connectivity index (χ3v) is 1.36. The Morgan fingerprint density at radius 2 is 2.60 bits per heavy atom. The van der Waals surface area contributed by atoms with E-state index in [0.717, 1.165) is 12.0 Å². The van der Waals surface area contributed by atoms with Crippen molar-refractivity contribution in [2.24, 2.45) is 0 Å². The van der Waals surface area contributed by atoms with Crippen molar-refractivity contribution in [3.8, 4) is 0 Å². The lowest BCUT2D eigenvalue weighted by atomic mass is 10.2. The van der Waals surface area contributed by atoms with Crippen molar-refractivity contribution in [1.29, 1.82) is 0 Å². The van der Waals surface area contributed by atoms with Gasteiger partial charge in [0.05, 0.1) is 13.2 Å². The first kappa shape index (κ1) is 7.28. The maximum atomic E-state index is 10.7. The van der Waals surface area contributed by atoms with Crippen LogP contribution in [0.1, 0.15) is 6.42 Å². The van der Waals surface area contributed by atoms with Crippen LogP contribution in [0.15, 0.2) is 11.6 Å². The second-order valence-corrected chi connectivity index (χ2v) is 2.07. The van der Waals surface area contributed by atoms with Gasteiger partial charge in [-0.25, -0.2) is 4.79 Å². The third kappa shape index (κ3) is 1.57. The zero-order valence-corrected chi connectivity index (χ0v) is 5.92. The van der Waals surface area contributed by atoms with Gasteiger partial charge < -0.3 is 9.47 Å². The third-order valence-electron chi connectivity index (χ3n) is 1.36. The van der Waals surface area contributed by atoms with Gasteiger partial charge >= 0.3 is 5.97 Å². The number of methoxy groups -OCH3 is 1. The highest BCUT2D eigenvalue weighted by atomic mass is 16.5. The average Bonchev–Trinajstić information content (AvgIpc) is 2.31. The highest BCUT2D eigenvalue weighted by Crippen LogP contribution is 2.11. The van der Waals surface area contributed by atoms with E-state index in [0.29, 0.717) is 13.2 Å². The fraction of sp³-hybridized carbons (Fsp3) is 0.571. The molecule has 0 spiro atoms. The monoisotopic (exact) mass is 142 g/mol. The fourth-order valence-corrected chi connectivity index (χ4v) is 0.818. The minimum Gasteiger partial charge on any atom is -0.462 e. The first-order valence-electron chi connectivity index (χ1n) is 3.19. The van der Waals surface area contributed by atoms with Crippen LogP contribution in [0.3, 0.4) is 0 Å². The molecular formula is C7H10O3. The number of cyclic esters (lactones) is 1. The van der Waals surface area contributed by atoms with Crippen LogP contribution in [0.25, 0.3) is 0 Å². The molecular weight excluding hydrogens is 132 g/mol. The Labute approximate surface area is 59.6 Å². The summed E-state index contributed by atoms with van der Waals surface area (Å²) in [5.74, 6) is -0.197. The summed E-state index contributed by atoms with van der Waals surface area (Å²) in [7, 11) is 1.59. The number of ether oxygens (including phenoxy) is 2. The Bertz CT molecular complexity index is 160. The molecule has 0 N–H and O–H groups in total. The predicted octanol–water partition coefficient (Wildman–Crippen LogP) is 0.506. The highest BCUT2D eigenvalue weighted by molar-refractivity contribution is 5.90. The summed E-state index contributed by atoms with van der Waals surface area (Å²) in [6.45, 7) is 1.01. The van der Waals surface area contributed by atoms with E-state index in [-0.39, 0.29) is 5.97 Å². The Morgan fingerprint density at radius 3 is 3.10 bits per heavy atom. The second kappa shape index (κ2) is 3.37. The van der Waals surface area contributed by atoms with E-state index in [1.165, 1.54) is 0 Å². The van der Waals surface area contributed by atoms with Crippen LogP contribution in [0.4, 0.5) is 0 Å². The van der Waals surface area contributed by atoms with E-state index in [4.69, 9.17) is 9.47 Å². The molecule has 0 radical (unpaired) electrons. The van der Waals surface area contributed by atoms with Gasteiger partial charge in [-0.05, 0) is 6.08 Å².